The second-order valence-electron chi connectivity index (χ2n) is 3.80. The minimum Gasteiger partial charge on any atom is -0.497 e. The lowest BCUT2D eigenvalue weighted by Gasteiger charge is -2.07. The van der Waals surface area contributed by atoms with Crippen LogP contribution in [0.1, 0.15) is 23.2 Å². The van der Waals surface area contributed by atoms with Gasteiger partial charge in [0.25, 0.3) is 5.91 Å². The van der Waals surface area contributed by atoms with Crippen LogP contribution in [0.5, 0.6) is 5.75 Å². The van der Waals surface area contributed by atoms with Crippen LogP contribution in [0.4, 0.5) is 4.39 Å². The standard InChI is InChI=1S/C13H18FNO3/c1-17-8-4-3-7-15-13(16)11-6-5-10(18-2)9-12(11)14/h5-6,9H,3-4,7-8H2,1-2H3,(H,15,16). The molecule has 0 saturated carbocycles. The molecule has 1 N–H and O–H groups in total. The SMILES string of the molecule is COCCCCNC(=O)c1ccc(OC)cc1F. The Morgan fingerprint density at radius 1 is 1.33 bits per heavy atom. The molecule has 0 fully saturated rings. The van der Waals surface area contributed by atoms with Crippen molar-refractivity contribution in [3.63, 3.8) is 0 Å². The molecule has 0 unspecified atom stereocenters. The highest BCUT2D eigenvalue weighted by Crippen LogP contribution is 2.15. The number of nitrogens with one attached hydrogen (secondary N) is 1. The van der Waals surface area contributed by atoms with E-state index in [1.807, 2.05) is 0 Å². The van der Waals surface area contributed by atoms with Crippen molar-refractivity contribution in [3.05, 3.63) is 29.6 Å². The molecule has 18 heavy (non-hydrogen) atoms. The minimum atomic E-state index is -0.580. The molecule has 5 heteroatoms. The summed E-state index contributed by atoms with van der Waals surface area (Å²) in [5.74, 6) is -0.597. The molecule has 0 atom stereocenters. The third-order valence-electron chi connectivity index (χ3n) is 2.48. The molecule has 0 radical (unpaired) electrons. The highest BCUT2D eigenvalue weighted by molar-refractivity contribution is 5.94. The van der Waals surface area contributed by atoms with Crippen LogP contribution in [-0.2, 0) is 4.74 Å². The average molecular weight is 255 g/mol. The van der Waals surface area contributed by atoms with Gasteiger partial charge in [-0.25, -0.2) is 4.39 Å². The van der Waals surface area contributed by atoms with E-state index in [-0.39, 0.29) is 5.56 Å². The van der Waals surface area contributed by atoms with Crippen LogP contribution in [0.25, 0.3) is 0 Å². The van der Waals surface area contributed by atoms with E-state index in [0.717, 1.165) is 12.8 Å². The second-order valence-corrected chi connectivity index (χ2v) is 3.80. The largest absolute Gasteiger partial charge is 0.497 e. The van der Waals surface area contributed by atoms with Crippen molar-refractivity contribution in [2.45, 2.75) is 12.8 Å². The van der Waals surface area contributed by atoms with Crippen LogP contribution in [-0.4, -0.2) is 33.3 Å². The molecule has 1 rings (SSSR count). The zero-order valence-corrected chi connectivity index (χ0v) is 10.7. The number of carbonyl (C=O) groups is 1. The number of hydrogen-bond donors (Lipinski definition) is 1. The number of carbonyl (C=O) groups excluding carboxylic acids is 1. The maximum absolute atomic E-state index is 13.6. The first-order valence-electron chi connectivity index (χ1n) is 5.79. The second kappa shape index (κ2) is 7.66. The third-order valence-corrected chi connectivity index (χ3v) is 2.48. The lowest BCUT2D eigenvalue weighted by molar-refractivity contribution is 0.0947. The summed E-state index contributed by atoms with van der Waals surface area (Å²) in [7, 11) is 3.08. The van der Waals surface area contributed by atoms with Crippen LogP contribution < -0.4 is 10.1 Å². The molecule has 0 aliphatic carbocycles. The number of amides is 1. The Morgan fingerprint density at radius 3 is 2.72 bits per heavy atom. The van der Waals surface area contributed by atoms with Gasteiger partial charge in [-0.3, -0.25) is 4.79 Å². The normalized spacial score (nSPS) is 10.2. The summed E-state index contributed by atoms with van der Waals surface area (Å²) < 4.78 is 23.3. The van der Waals surface area contributed by atoms with Gasteiger partial charge in [-0.05, 0) is 25.0 Å². The Labute approximate surface area is 106 Å². The number of methoxy groups -OCH3 is 2. The summed E-state index contributed by atoms with van der Waals surface area (Å²) in [6.07, 6.45) is 1.67. The van der Waals surface area contributed by atoms with E-state index in [2.05, 4.69) is 5.32 Å². The number of unbranched alkanes of at least 4 members (excludes halogenated alkanes) is 1. The molecule has 0 bridgehead atoms. The van der Waals surface area contributed by atoms with E-state index >= 15 is 0 Å². The first kappa shape index (κ1) is 14.4. The highest BCUT2D eigenvalue weighted by Gasteiger charge is 2.11. The molecule has 0 saturated heterocycles. The van der Waals surface area contributed by atoms with Gasteiger partial charge < -0.3 is 14.8 Å². The fraction of sp³-hybridized carbons (Fsp3) is 0.462. The molecular formula is C13H18FNO3. The van der Waals surface area contributed by atoms with Gasteiger partial charge in [0.1, 0.15) is 11.6 Å². The van der Waals surface area contributed by atoms with Crippen molar-refractivity contribution in [1.29, 1.82) is 0 Å². The van der Waals surface area contributed by atoms with Crippen LogP contribution >= 0.6 is 0 Å². The van der Waals surface area contributed by atoms with Gasteiger partial charge in [-0.1, -0.05) is 0 Å². The van der Waals surface area contributed by atoms with Crippen LogP contribution in [0.15, 0.2) is 18.2 Å². The molecule has 100 valence electrons. The number of benzene rings is 1. The Bertz CT molecular complexity index is 396. The van der Waals surface area contributed by atoms with E-state index in [1.165, 1.54) is 19.2 Å². The molecule has 0 aliphatic rings. The molecule has 0 heterocycles. The van der Waals surface area contributed by atoms with Crippen LogP contribution in [0, 0.1) is 5.82 Å². The lowest BCUT2D eigenvalue weighted by Crippen LogP contribution is -2.25. The van der Waals surface area contributed by atoms with Crippen molar-refractivity contribution < 1.29 is 18.7 Å². The molecular weight excluding hydrogens is 237 g/mol. The zero-order chi connectivity index (χ0) is 13.4. The summed E-state index contributed by atoms with van der Waals surface area (Å²) in [6.45, 7) is 1.17. The molecule has 0 aromatic heterocycles. The quantitative estimate of drug-likeness (QED) is 0.758. The van der Waals surface area contributed by atoms with E-state index in [4.69, 9.17) is 9.47 Å². The lowest BCUT2D eigenvalue weighted by atomic mass is 10.2. The van der Waals surface area contributed by atoms with Gasteiger partial charge in [0.05, 0.1) is 12.7 Å². The van der Waals surface area contributed by atoms with Gasteiger partial charge in [0.15, 0.2) is 0 Å². The predicted octanol–water partition coefficient (Wildman–Crippen LogP) is 1.99. The maximum atomic E-state index is 13.6. The summed E-state index contributed by atoms with van der Waals surface area (Å²) in [4.78, 5) is 11.7. The van der Waals surface area contributed by atoms with Crippen molar-refractivity contribution in [2.75, 3.05) is 27.4 Å². The van der Waals surface area contributed by atoms with Crippen LogP contribution in [0.3, 0.4) is 0 Å². The van der Waals surface area contributed by atoms with E-state index in [0.29, 0.717) is 18.9 Å². The van der Waals surface area contributed by atoms with E-state index in [1.54, 1.807) is 13.2 Å². The highest BCUT2D eigenvalue weighted by atomic mass is 19.1. The number of hydrogen-bond acceptors (Lipinski definition) is 3. The molecule has 0 spiro atoms. The minimum absolute atomic E-state index is 0.0301. The predicted molar refractivity (Wildman–Crippen MR) is 66.4 cm³/mol. The Hall–Kier alpha value is -1.62. The fourth-order valence-electron chi connectivity index (χ4n) is 1.48. The summed E-state index contributed by atoms with van der Waals surface area (Å²) in [5, 5.41) is 2.66. The summed E-state index contributed by atoms with van der Waals surface area (Å²) >= 11 is 0. The van der Waals surface area contributed by atoms with E-state index < -0.39 is 11.7 Å². The molecule has 0 aliphatic heterocycles. The monoisotopic (exact) mass is 255 g/mol. The Balaban J connectivity index is 2.46. The molecule has 4 nitrogen and oxygen atoms in total. The maximum Gasteiger partial charge on any atom is 0.254 e. The topological polar surface area (TPSA) is 47.6 Å². The van der Waals surface area contributed by atoms with Gasteiger partial charge in [-0.2, -0.15) is 0 Å². The Morgan fingerprint density at radius 2 is 2.11 bits per heavy atom. The van der Waals surface area contributed by atoms with Gasteiger partial charge in [0, 0.05) is 26.3 Å². The van der Waals surface area contributed by atoms with Crippen molar-refractivity contribution in [3.8, 4) is 5.75 Å². The van der Waals surface area contributed by atoms with Crippen molar-refractivity contribution >= 4 is 5.91 Å². The van der Waals surface area contributed by atoms with Crippen LogP contribution in [0.2, 0.25) is 0 Å². The summed E-state index contributed by atoms with van der Waals surface area (Å²) in [6, 6.07) is 4.17. The van der Waals surface area contributed by atoms with Crippen molar-refractivity contribution in [2.24, 2.45) is 0 Å². The molecule has 1 aromatic carbocycles. The molecule has 1 amide bonds. The number of ether oxygens (including phenoxy) is 2. The fourth-order valence-corrected chi connectivity index (χ4v) is 1.48. The van der Waals surface area contributed by atoms with Gasteiger partial charge in [-0.15, -0.1) is 0 Å². The Kier molecular flexibility index (Phi) is 6.14. The average Bonchev–Trinajstić information content (AvgIpc) is 2.38. The molecule has 1 aromatic rings. The van der Waals surface area contributed by atoms with Crippen molar-refractivity contribution in [1.82, 2.24) is 5.32 Å². The smallest absolute Gasteiger partial charge is 0.254 e. The number of halogens is 1. The first-order chi connectivity index (χ1) is 8.69. The third kappa shape index (κ3) is 4.33. The zero-order valence-electron chi connectivity index (χ0n) is 10.7. The van der Waals surface area contributed by atoms with E-state index in [9.17, 15) is 9.18 Å². The summed E-state index contributed by atoms with van der Waals surface area (Å²) in [5.41, 5.74) is 0.0301. The van der Waals surface area contributed by atoms with Gasteiger partial charge in [0.2, 0.25) is 0 Å². The van der Waals surface area contributed by atoms with Gasteiger partial charge >= 0.3 is 0 Å². The number of rotatable bonds is 7. The first-order valence-corrected chi connectivity index (χ1v) is 5.79.